The molecular formula is C28H29F2N7O2. The Bertz CT molecular complexity index is 1500. The van der Waals surface area contributed by atoms with Crippen LogP contribution in [0.2, 0.25) is 0 Å². The van der Waals surface area contributed by atoms with Gasteiger partial charge in [0.1, 0.15) is 11.6 Å². The van der Waals surface area contributed by atoms with Crippen LogP contribution in [0.4, 0.5) is 20.3 Å². The molecule has 2 unspecified atom stereocenters. The van der Waals surface area contributed by atoms with E-state index < -0.39 is 5.92 Å². The number of nitrogens with one attached hydrogen (secondary N) is 2. The highest BCUT2D eigenvalue weighted by atomic mass is 19.3. The van der Waals surface area contributed by atoms with Gasteiger partial charge in [-0.1, -0.05) is 6.07 Å². The van der Waals surface area contributed by atoms with Gasteiger partial charge in [0.25, 0.3) is 11.8 Å². The van der Waals surface area contributed by atoms with E-state index in [2.05, 4.69) is 25.4 Å². The monoisotopic (exact) mass is 533 g/mol. The highest BCUT2D eigenvalue weighted by Crippen LogP contribution is 2.53. The standard InChI is InChI=1S/C28H29F2N7O2/c29-28(30)6-7-36(14-28)12-21-17(15-5-8-39-13-15)2-4-23(33-21)32-20-3-1-18(19-11-31-27(38)25(19)20)26-35-34-24-10-16-9-22(16)37(24)26/h1-4,15-16,22H,5-14H2,(H,31,38)(H,32,33)/t15-,16?,22?/m1/s1. The van der Waals surface area contributed by atoms with E-state index in [4.69, 9.17) is 9.72 Å². The fourth-order valence-electron chi connectivity index (χ4n) is 6.81. The average Bonchev–Trinajstić information content (AvgIpc) is 3.48. The van der Waals surface area contributed by atoms with E-state index in [-0.39, 0.29) is 24.8 Å². The summed E-state index contributed by atoms with van der Waals surface area (Å²) < 4.78 is 35.7. The van der Waals surface area contributed by atoms with E-state index >= 15 is 0 Å². The molecule has 1 aliphatic carbocycles. The van der Waals surface area contributed by atoms with Crippen molar-refractivity contribution in [2.75, 3.05) is 31.6 Å². The lowest BCUT2D eigenvalue weighted by Gasteiger charge is -2.21. The molecule has 1 amide bonds. The summed E-state index contributed by atoms with van der Waals surface area (Å²) in [6, 6.07) is 8.32. The van der Waals surface area contributed by atoms with E-state index in [1.54, 1.807) is 4.90 Å². The Morgan fingerprint density at radius 1 is 1.21 bits per heavy atom. The molecule has 11 heteroatoms. The molecule has 6 heterocycles. The number of likely N-dealkylation sites (tertiary alicyclic amines) is 1. The van der Waals surface area contributed by atoms with Gasteiger partial charge in [-0.3, -0.25) is 9.69 Å². The van der Waals surface area contributed by atoms with E-state index in [1.807, 2.05) is 24.3 Å². The number of nitrogens with zero attached hydrogens (tertiary/aromatic N) is 5. The third-order valence-corrected chi connectivity index (χ3v) is 8.90. The van der Waals surface area contributed by atoms with Crippen LogP contribution in [-0.2, 0) is 24.2 Å². The van der Waals surface area contributed by atoms with Gasteiger partial charge in [-0.2, -0.15) is 0 Å². The predicted octanol–water partition coefficient (Wildman–Crippen LogP) is 3.79. The number of halogens is 2. The molecule has 0 radical (unpaired) electrons. The first-order valence-electron chi connectivity index (χ1n) is 13.8. The molecule has 9 nitrogen and oxygen atoms in total. The van der Waals surface area contributed by atoms with E-state index in [0.29, 0.717) is 61.9 Å². The number of alkyl halides is 2. The number of hydrogen-bond donors (Lipinski definition) is 2. The quantitative estimate of drug-likeness (QED) is 0.498. The zero-order valence-corrected chi connectivity index (χ0v) is 21.4. The largest absolute Gasteiger partial charge is 0.381 e. The second-order valence-corrected chi connectivity index (χ2v) is 11.5. The lowest BCUT2D eigenvalue weighted by atomic mass is 9.96. The second kappa shape index (κ2) is 8.53. The van der Waals surface area contributed by atoms with Gasteiger partial charge in [-0.15, -0.1) is 10.2 Å². The first kappa shape index (κ1) is 23.4. The lowest BCUT2D eigenvalue weighted by molar-refractivity contribution is 0.0113. The SMILES string of the molecule is O=C1NCc2c(-c3nnc4n3C3CC3C4)ccc(Nc3ccc([C@@H]4CCOC4)c(CN4CCC(F)(F)C4)n3)c21. The average molecular weight is 534 g/mol. The number of hydrogen-bond acceptors (Lipinski definition) is 7. The molecule has 2 aromatic heterocycles. The first-order chi connectivity index (χ1) is 18.9. The number of carbonyl (C=O) groups is 1. The minimum Gasteiger partial charge on any atom is -0.381 e. The zero-order chi connectivity index (χ0) is 26.3. The number of fused-ring (bicyclic) bond motifs is 4. The maximum absolute atomic E-state index is 13.9. The molecule has 5 aliphatic rings. The molecule has 0 bridgehead atoms. The summed E-state index contributed by atoms with van der Waals surface area (Å²) in [6.07, 6.45) is 2.91. The van der Waals surface area contributed by atoms with Crippen LogP contribution in [0.25, 0.3) is 11.4 Å². The van der Waals surface area contributed by atoms with E-state index in [0.717, 1.165) is 46.9 Å². The van der Waals surface area contributed by atoms with E-state index in [1.165, 1.54) is 6.42 Å². The molecule has 4 aliphatic heterocycles. The van der Waals surface area contributed by atoms with Crippen molar-refractivity contribution in [2.45, 2.75) is 56.7 Å². The number of carbonyl (C=O) groups excluding carboxylic acids is 1. The van der Waals surface area contributed by atoms with Crippen LogP contribution in [0, 0.1) is 5.92 Å². The van der Waals surface area contributed by atoms with Crippen LogP contribution in [-0.4, -0.2) is 62.8 Å². The molecule has 2 saturated heterocycles. The number of amides is 1. The normalized spacial score (nSPS) is 26.4. The van der Waals surface area contributed by atoms with Gasteiger partial charge in [0.2, 0.25) is 0 Å². The Hall–Kier alpha value is -3.44. The molecule has 8 rings (SSSR count). The number of aromatic nitrogens is 4. The number of ether oxygens (including phenoxy) is 1. The molecule has 202 valence electrons. The van der Waals surface area contributed by atoms with Crippen LogP contribution in [0.15, 0.2) is 24.3 Å². The van der Waals surface area contributed by atoms with E-state index in [9.17, 15) is 13.6 Å². The highest BCUT2D eigenvalue weighted by Gasteiger charge is 2.48. The van der Waals surface area contributed by atoms with Crippen LogP contribution >= 0.6 is 0 Å². The number of anilines is 2. The Morgan fingerprint density at radius 3 is 2.95 bits per heavy atom. The van der Waals surface area contributed by atoms with Crippen molar-refractivity contribution in [1.29, 1.82) is 0 Å². The molecule has 2 N–H and O–H groups in total. The van der Waals surface area contributed by atoms with Crippen molar-refractivity contribution in [2.24, 2.45) is 5.92 Å². The van der Waals surface area contributed by atoms with Crippen molar-refractivity contribution >= 4 is 17.4 Å². The Balaban J connectivity index is 1.13. The fraction of sp³-hybridized carbons (Fsp3) is 0.500. The summed E-state index contributed by atoms with van der Waals surface area (Å²) in [5.41, 5.74) is 4.92. The van der Waals surface area contributed by atoms with Gasteiger partial charge in [-0.05, 0) is 48.1 Å². The lowest BCUT2D eigenvalue weighted by Crippen LogP contribution is -2.26. The predicted molar refractivity (Wildman–Crippen MR) is 138 cm³/mol. The molecule has 0 spiro atoms. The minimum absolute atomic E-state index is 0.128. The van der Waals surface area contributed by atoms with Gasteiger partial charge >= 0.3 is 0 Å². The summed E-state index contributed by atoms with van der Waals surface area (Å²) >= 11 is 0. The third-order valence-electron chi connectivity index (χ3n) is 8.90. The maximum Gasteiger partial charge on any atom is 0.261 e. The summed E-state index contributed by atoms with van der Waals surface area (Å²) in [6.45, 7) is 2.18. The zero-order valence-electron chi connectivity index (χ0n) is 21.4. The first-order valence-corrected chi connectivity index (χ1v) is 13.8. The third kappa shape index (κ3) is 3.93. The number of rotatable bonds is 6. The van der Waals surface area contributed by atoms with Crippen LogP contribution in [0.3, 0.4) is 0 Å². The van der Waals surface area contributed by atoms with Crippen LogP contribution < -0.4 is 10.6 Å². The summed E-state index contributed by atoms with van der Waals surface area (Å²) in [7, 11) is 0. The van der Waals surface area contributed by atoms with Crippen LogP contribution in [0.5, 0.6) is 0 Å². The van der Waals surface area contributed by atoms with Gasteiger partial charge in [0, 0.05) is 56.6 Å². The highest BCUT2D eigenvalue weighted by molar-refractivity contribution is 6.05. The summed E-state index contributed by atoms with van der Waals surface area (Å²) in [4.78, 5) is 19.7. The van der Waals surface area contributed by atoms with Crippen molar-refractivity contribution in [3.8, 4) is 11.4 Å². The summed E-state index contributed by atoms with van der Waals surface area (Å²) in [5, 5.41) is 15.2. The maximum atomic E-state index is 13.9. The van der Waals surface area contributed by atoms with Gasteiger partial charge in [-0.25, -0.2) is 13.8 Å². The van der Waals surface area contributed by atoms with Crippen molar-refractivity contribution in [3.63, 3.8) is 0 Å². The molecule has 3 atom stereocenters. The van der Waals surface area contributed by atoms with Gasteiger partial charge in [0.15, 0.2) is 5.82 Å². The second-order valence-electron chi connectivity index (χ2n) is 11.5. The van der Waals surface area contributed by atoms with Gasteiger partial charge < -0.3 is 19.9 Å². The molecule has 1 aromatic carbocycles. The number of pyridine rings is 1. The molecule has 1 saturated carbocycles. The van der Waals surface area contributed by atoms with Crippen molar-refractivity contribution < 1.29 is 18.3 Å². The molecular weight excluding hydrogens is 504 g/mol. The molecule has 3 fully saturated rings. The Morgan fingerprint density at radius 2 is 2.13 bits per heavy atom. The smallest absolute Gasteiger partial charge is 0.261 e. The van der Waals surface area contributed by atoms with Crippen LogP contribution in [0.1, 0.15) is 64.2 Å². The van der Waals surface area contributed by atoms with Gasteiger partial charge in [0.05, 0.1) is 30.1 Å². The fourth-order valence-corrected chi connectivity index (χ4v) is 6.81. The number of benzene rings is 1. The van der Waals surface area contributed by atoms with Crippen molar-refractivity contribution in [1.82, 2.24) is 30.0 Å². The van der Waals surface area contributed by atoms with Crippen molar-refractivity contribution in [3.05, 3.63) is 52.5 Å². The topological polar surface area (TPSA) is 97.2 Å². The molecule has 3 aromatic rings. The minimum atomic E-state index is -2.66. The molecule has 39 heavy (non-hydrogen) atoms. The summed E-state index contributed by atoms with van der Waals surface area (Å²) in [5.74, 6) is 0.521. The Labute approximate surface area is 224 Å². The Kier molecular flexibility index (Phi) is 5.13.